The van der Waals surface area contributed by atoms with Crippen molar-refractivity contribution in [1.82, 2.24) is 4.90 Å². The zero-order valence-corrected chi connectivity index (χ0v) is 22.4. The molecular formula is C31H29N3O6. The summed E-state index contributed by atoms with van der Waals surface area (Å²) in [6.45, 7) is 0.708. The summed E-state index contributed by atoms with van der Waals surface area (Å²) in [7, 11) is 4.63. The minimum absolute atomic E-state index is 0.141. The van der Waals surface area contributed by atoms with Crippen LogP contribution in [-0.2, 0) is 13.1 Å². The van der Waals surface area contributed by atoms with Crippen molar-refractivity contribution in [3.63, 3.8) is 0 Å². The Labute approximate surface area is 232 Å². The van der Waals surface area contributed by atoms with E-state index in [1.165, 1.54) is 19.2 Å². The first kappa shape index (κ1) is 26.6. The van der Waals surface area contributed by atoms with Gasteiger partial charge in [0, 0.05) is 30.8 Å². The van der Waals surface area contributed by atoms with Crippen LogP contribution in [0.5, 0.6) is 17.2 Å². The molecule has 0 N–H and O–H groups in total. The van der Waals surface area contributed by atoms with Crippen LogP contribution in [-0.4, -0.2) is 37.1 Å². The van der Waals surface area contributed by atoms with Gasteiger partial charge in [0.05, 0.1) is 37.5 Å². The fraction of sp³-hybridized carbons (Fsp3) is 0.194. The van der Waals surface area contributed by atoms with Crippen molar-refractivity contribution in [3.8, 4) is 17.2 Å². The minimum Gasteiger partial charge on any atom is -0.493 e. The lowest BCUT2D eigenvalue weighted by molar-refractivity contribution is -0.384. The van der Waals surface area contributed by atoms with E-state index in [0.717, 1.165) is 16.7 Å². The van der Waals surface area contributed by atoms with Gasteiger partial charge in [0.1, 0.15) is 6.17 Å². The van der Waals surface area contributed by atoms with Crippen molar-refractivity contribution < 1.29 is 23.9 Å². The fourth-order valence-corrected chi connectivity index (χ4v) is 5.13. The number of rotatable bonds is 9. The van der Waals surface area contributed by atoms with Gasteiger partial charge in [0.25, 0.3) is 11.6 Å². The lowest BCUT2D eigenvalue weighted by atomic mass is 9.98. The topological polar surface area (TPSA) is 94.4 Å². The number of carbonyl (C=O) groups is 1. The van der Waals surface area contributed by atoms with Crippen LogP contribution in [0.4, 0.5) is 11.4 Å². The van der Waals surface area contributed by atoms with Gasteiger partial charge in [-0.1, -0.05) is 60.7 Å². The van der Waals surface area contributed by atoms with Gasteiger partial charge in [-0.2, -0.15) is 0 Å². The van der Waals surface area contributed by atoms with E-state index in [4.69, 9.17) is 14.2 Å². The molecule has 4 aromatic rings. The zero-order chi connectivity index (χ0) is 28.2. The number of ether oxygens (including phenoxy) is 3. The summed E-state index contributed by atoms with van der Waals surface area (Å²) in [6.07, 6.45) is -0.601. The Balaban J connectivity index is 1.75. The van der Waals surface area contributed by atoms with E-state index in [0.29, 0.717) is 29.5 Å². The third-order valence-corrected chi connectivity index (χ3v) is 6.96. The Bertz CT molecular complexity index is 1500. The van der Waals surface area contributed by atoms with Gasteiger partial charge in [-0.25, -0.2) is 0 Å². The van der Waals surface area contributed by atoms with Crippen molar-refractivity contribution in [2.24, 2.45) is 0 Å². The second kappa shape index (κ2) is 11.4. The van der Waals surface area contributed by atoms with E-state index < -0.39 is 11.1 Å². The highest BCUT2D eigenvalue weighted by Crippen LogP contribution is 2.46. The molecule has 0 aliphatic carbocycles. The van der Waals surface area contributed by atoms with E-state index in [1.807, 2.05) is 72.8 Å². The summed E-state index contributed by atoms with van der Waals surface area (Å²) in [5, 5.41) is 11.7. The Hall–Kier alpha value is -5.05. The van der Waals surface area contributed by atoms with Crippen molar-refractivity contribution >= 4 is 17.3 Å². The molecule has 0 saturated carbocycles. The first-order valence-electron chi connectivity index (χ1n) is 12.7. The lowest BCUT2D eigenvalue weighted by Gasteiger charge is -2.46. The fourth-order valence-electron chi connectivity index (χ4n) is 5.13. The summed E-state index contributed by atoms with van der Waals surface area (Å²) in [4.78, 5) is 29.2. The number of nitro groups is 1. The summed E-state index contributed by atoms with van der Waals surface area (Å²) in [5.74, 6) is 1.04. The van der Waals surface area contributed by atoms with Gasteiger partial charge in [0.15, 0.2) is 11.5 Å². The Morgan fingerprint density at radius 1 is 0.750 bits per heavy atom. The third kappa shape index (κ3) is 5.01. The van der Waals surface area contributed by atoms with E-state index >= 15 is 0 Å². The molecule has 1 atom stereocenters. The van der Waals surface area contributed by atoms with Gasteiger partial charge in [-0.15, -0.1) is 0 Å². The van der Waals surface area contributed by atoms with Crippen LogP contribution >= 0.6 is 0 Å². The maximum absolute atomic E-state index is 14.2. The highest BCUT2D eigenvalue weighted by Gasteiger charge is 2.40. The van der Waals surface area contributed by atoms with Crippen LogP contribution in [0, 0.1) is 10.1 Å². The molecule has 40 heavy (non-hydrogen) atoms. The standard InChI is InChI=1S/C31H29N3O6/c1-38-27-16-23(17-28(39-2)29(27)40-3)30-32(19-21-10-6-4-7-11-21)26-15-14-24(34(36)37)18-25(26)31(35)33(30)20-22-12-8-5-9-13-22/h4-18,30H,19-20H2,1-3H3/t30-/m1/s1. The third-order valence-electron chi connectivity index (χ3n) is 6.96. The maximum Gasteiger partial charge on any atom is 0.270 e. The van der Waals surface area contributed by atoms with Crippen LogP contribution in [0.1, 0.15) is 33.2 Å². The number of amides is 1. The molecule has 1 aliphatic rings. The molecule has 4 aromatic carbocycles. The highest BCUT2D eigenvalue weighted by molar-refractivity contribution is 6.02. The molecule has 1 aliphatic heterocycles. The zero-order valence-electron chi connectivity index (χ0n) is 22.4. The first-order valence-corrected chi connectivity index (χ1v) is 12.7. The van der Waals surface area contributed by atoms with Crippen molar-refractivity contribution in [2.75, 3.05) is 26.2 Å². The molecule has 1 heterocycles. The molecule has 0 bridgehead atoms. The number of methoxy groups -OCH3 is 3. The predicted octanol–water partition coefficient (Wildman–Crippen LogP) is 5.98. The largest absolute Gasteiger partial charge is 0.493 e. The summed E-state index contributed by atoms with van der Waals surface area (Å²) >= 11 is 0. The first-order chi connectivity index (χ1) is 19.4. The lowest BCUT2D eigenvalue weighted by Crippen LogP contribution is -2.48. The molecular weight excluding hydrogens is 510 g/mol. The Kier molecular flexibility index (Phi) is 7.54. The van der Waals surface area contributed by atoms with Crippen LogP contribution in [0.2, 0.25) is 0 Å². The van der Waals surface area contributed by atoms with Gasteiger partial charge in [-0.3, -0.25) is 14.9 Å². The molecule has 0 spiro atoms. The van der Waals surface area contributed by atoms with E-state index in [9.17, 15) is 14.9 Å². The van der Waals surface area contributed by atoms with Crippen LogP contribution in [0.15, 0.2) is 91.0 Å². The number of nitrogens with zero attached hydrogens (tertiary/aromatic N) is 3. The summed E-state index contributed by atoms with van der Waals surface area (Å²) < 4.78 is 16.9. The van der Waals surface area contributed by atoms with Crippen LogP contribution in [0.3, 0.4) is 0 Å². The molecule has 0 aromatic heterocycles. The summed E-state index contributed by atoms with van der Waals surface area (Å²) in [5.41, 5.74) is 3.39. The van der Waals surface area contributed by atoms with Crippen LogP contribution in [0.25, 0.3) is 0 Å². The van der Waals surface area contributed by atoms with Gasteiger partial charge >= 0.3 is 0 Å². The Morgan fingerprint density at radius 3 is 1.80 bits per heavy atom. The van der Waals surface area contributed by atoms with Crippen molar-refractivity contribution in [2.45, 2.75) is 19.3 Å². The average molecular weight is 540 g/mol. The molecule has 9 heteroatoms. The number of benzene rings is 4. The average Bonchev–Trinajstić information content (AvgIpc) is 2.99. The quantitative estimate of drug-likeness (QED) is 0.191. The Morgan fingerprint density at radius 2 is 1.30 bits per heavy atom. The molecule has 0 unspecified atom stereocenters. The monoisotopic (exact) mass is 539 g/mol. The number of fused-ring (bicyclic) bond motifs is 1. The molecule has 204 valence electrons. The predicted molar refractivity (Wildman–Crippen MR) is 151 cm³/mol. The number of nitro benzene ring substituents is 1. The number of hydrogen-bond donors (Lipinski definition) is 0. The number of anilines is 1. The number of hydrogen-bond acceptors (Lipinski definition) is 7. The van der Waals surface area contributed by atoms with Gasteiger partial charge in [0.2, 0.25) is 5.75 Å². The molecule has 0 fully saturated rings. The SMILES string of the molecule is COc1cc([C@H]2N(Cc3ccccc3)C(=O)c3cc([N+](=O)[O-])ccc3N2Cc2ccccc2)cc(OC)c1OC. The van der Waals surface area contributed by atoms with Crippen molar-refractivity contribution in [3.05, 3.63) is 123 Å². The van der Waals surface area contributed by atoms with Gasteiger partial charge < -0.3 is 24.0 Å². The van der Waals surface area contributed by atoms with E-state index in [1.54, 1.807) is 25.2 Å². The summed E-state index contributed by atoms with van der Waals surface area (Å²) in [6, 6.07) is 27.6. The number of non-ortho nitro benzene ring substituents is 1. The maximum atomic E-state index is 14.2. The second-order valence-electron chi connectivity index (χ2n) is 9.32. The smallest absolute Gasteiger partial charge is 0.270 e. The molecule has 9 nitrogen and oxygen atoms in total. The minimum atomic E-state index is -0.601. The van der Waals surface area contributed by atoms with Gasteiger partial charge in [-0.05, 0) is 29.3 Å². The molecule has 0 saturated heterocycles. The highest BCUT2D eigenvalue weighted by atomic mass is 16.6. The molecule has 0 radical (unpaired) electrons. The second-order valence-corrected chi connectivity index (χ2v) is 9.32. The van der Waals surface area contributed by atoms with Crippen LogP contribution < -0.4 is 19.1 Å². The normalized spacial score (nSPS) is 14.5. The number of carbonyl (C=O) groups excluding carboxylic acids is 1. The van der Waals surface area contributed by atoms with E-state index in [-0.39, 0.29) is 23.7 Å². The molecule has 1 amide bonds. The van der Waals surface area contributed by atoms with E-state index in [2.05, 4.69) is 4.90 Å². The molecule has 5 rings (SSSR count). The van der Waals surface area contributed by atoms with Crippen molar-refractivity contribution in [1.29, 1.82) is 0 Å².